The SMILES string of the molecule is C=CCOc1ccc(C2C(C(=O)/C=C/c3ccccc3)=C(O)C(=O)N2CCCN(CC)CC)cc1. The molecule has 0 bridgehead atoms. The first-order chi connectivity index (χ1) is 17.0. The first kappa shape index (κ1) is 26.0. The van der Waals surface area contributed by atoms with E-state index in [2.05, 4.69) is 25.3 Å². The number of amides is 1. The third kappa shape index (κ3) is 6.49. The number of allylic oxidation sites excluding steroid dienone is 1. The lowest BCUT2D eigenvalue weighted by Gasteiger charge is -2.28. The standard InChI is InChI=1S/C29H34N2O4/c1-4-21-35-24-16-14-23(15-17-24)27-26(25(32)18-13-22-11-8-7-9-12-22)28(33)29(34)31(27)20-10-19-30(5-2)6-3/h4,7-9,11-18,27,33H,1,5-6,10,19-21H2,2-3H3/b18-13+. The number of hydrogen-bond acceptors (Lipinski definition) is 5. The average molecular weight is 475 g/mol. The molecule has 6 nitrogen and oxygen atoms in total. The van der Waals surface area contributed by atoms with Crippen molar-refractivity contribution in [2.24, 2.45) is 0 Å². The van der Waals surface area contributed by atoms with Crippen LogP contribution >= 0.6 is 0 Å². The zero-order chi connectivity index (χ0) is 25.2. The van der Waals surface area contributed by atoms with E-state index >= 15 is 0 Å². The predicted molar refractivity (Wildman–Crippen MR) is 139 cm³/mol. The fourth-order valence-electron chi connectivity index (χ4n) is 4.21. The summed E-state index contributed by atoms with van der Waals surface area (Å²) in [7, 11) is 0. The minimum atomic E-state index is -0.666. The van der Waals surface area contributed by atoms with Gasteiger partial charge in [0.2, 0.25) is 0 Å². The highest BCUT2D eigenvalue weighted by atomic mass is 16.5. The summed E-state index contributed by atoms with van der Waals surface area (Å²) in [6.45, 7) is 11.4. The highest BCUT2D eigenvalue weighted by Crippen LogP contribution is 2.38. The highest BCUT2D eigenvalue weighted by molar-refractivity contribution is 6.14. The van der Waals surface area contributed by atoms with Crippen LogP contribution in [0.3, 0.4) is 0 Å². The quantitative estimate of drug-likeness (QED) is 0.328. The Labute approximate surface area is 207 Å². The number of aliphatic hydroxyl groups is 1. The molecule has 0 saturated carbocycles. The lowest BCUT2D eigenvalue weighted by Crippen LogP contribution is -2.34. The molecule has 0 saturated heterocycles. The maximum atomic E-state index is 13.3. The van der Waals surface area contributed by atoms with Crippen LogP contribution in [0.15, 0.2) is 84.7 Å². The monoisotopic (exact) mass is 474 g/mol. The summed E-state index contributed by atoms with van der Waals surface area (Å²) in [5, 5.41) is 10.8. The van der Waals surface area contributed by atoms with Gasteiger partial charge in [-0.15, -0.1) is 0 Å². The number of aliphatic hydroxyl groups excluding tert-OH is 1. The Hall–Kier alpha value is -3.64. The lowest BCUT2D eigenvalue weighted by molar-refractivity contribution is -0.129. The van der Waals surface area contributed by atoms with E-state index in [0.717, 1.165) is 37.2 Å². The molecule has 1 aliphatic heterocycles. The number of rotatable bonds is 13. The molecule has 1 heterocycles. The van der Waals surface area contributed by atoms with Gasteiger partial charge in [0.05, 0.1) is 11.6 Å². The maximum Gasteiger partial charge on any atom is 0.290 e. The molecule has 1 N–H and O–H groups in total. The normalized spacial score (nSPS) is 15.9. The summed E-state index contributed by atoms with van der Waals surface area (Å²) in [5.41, 5.74) is 1.71. The number of hydrogen-bond donors (Lipinski definition) is 1. The van der Waals surface area contributed by atoms with Gasteiger partial charge in [0.1, 0.15) is 12.4 Å². The van der Waals surface area contributed by atoms with E-state index in [1.54, 1.807) is 29.2 Å². The van der Waals surface area contributed by atoms with Crippen molar-refractivity contribution in [2.75, 3.05) is 32.8 Å². The molecule has 0 radical (unpaired) electrons. The van der Waals surface area contributed by atoms with Gasteiger partial charge >= 0.3 is 0 Å². The molecule has 0 spiro atoms. The second kappa shape index (κ2) is 12.7. The van der Waals surface area contributed by atoms with Gasteiger partial charge in [-0.2, -0.15) is 0 Å². The van der Waals surface area contributed by atoms with Gasteiger partial charge in [0, 0.05) is 6.54 Å². The summed E-state index contributed by atoms with van der Waals surface area (Å²) in [4.78, 5) is 30.2. The molecule has 0 fully saturated rings. The number of nitrogens with zero attached hydrogens (tertiary/aromatic N) is 2. The molecule has 2 aromatic rings. The Morgan fingerprint density at radius 2 is 1.80 bits per heavy atom. The van der Waals surface area contributed by atoms with Crippen molar-refractivity contribution in [3.63, 3.8) is 0 Å². The van der Waals surface area contributed by atoms with Crippen molar-refractivity contribution >= 4 is 17.8 Å². The van der Waals surface area contributed by atoms with Crippen molar-refractivity contribution in [1.29, 1.82) is 0 Å². The van der Waals surface area contributed by atoms with Crippen LogP contribution in [0.1, 0.15) is 37.4 Å². The average Bonchev–Trinajstić information content (AvgIpc) is 3.14. The van der Waals surface area contributed by atoms with Gasteiger partial charge in [0.25, 0.3) is 5.91 Å². The van der Waals surface area contributed by atoms with Gasteiger partial charge < -0.3 is 19.6 Å². The number of ether oxygens (including phenoxy) is 1. The van der Waals surface area contributed by atoms with E-state index in [1.165, 1.54) is 6.08 Å². The second-order valence-electron chi connectivity index (χ2n) is 8.32. The van der Waals surface area contributed by atoms with Crippen molar-refractivity contribution in [3.8, 4) is 5.75 Å². The predicted octanol–water partition coefficient (Wildman–Crippen LogP) is 4.96. The van der Waals surface area contributed by atoms with E-state index in [-0.39, 0.29) is 11.4 Å². The third-order valence-corrected chi connectivity index (χ3v) is 6.13. The Morgan fingerprint density at radius 1 is 1.11 bits per heavy atom. The summed E-state index contributed by atoms with van der Waals surface area (Å²) in [5.74, 6) is -0.718. The van der Waals surface area contributed by atoms with Gasteiger partial charge in [-0.3, -0.25) is 9.59 Å². The van der Waals surface area contributed by atoms with E-state index < -0.39 is 17.7 Å². The van der Waals surface area contributed by atoms with Crippen molar-refractivity contribution in [1.82, 2.24) is 9.80 Å². The van der Waals surface area contributed by atoms with Crippen LogP contribution in [-0.4, -0.2) is 59.4 Å². The Balaban J connectivity index is 1.89. The third-order valence-electron chi connectivity index (χ3n) is 6.13. The number of carbonyl (C=O) groups excluding carboxylic acids is 2. The zero-order valence-electron chi connectivity index (χ0n) is 20.5. The first-order valence-electron chi connectivity index (χ1n) is 12.1. The van der Waals surface area contributed by atoms with Gasteiger partial charge in [0.15, 0.2) is 11.5 Å². The van der Waals surface area contributed by atoms with E-state index in [9.17, 15) is 14.7 Å². The molecule has 1 aliphatic rings. The van der Waals surface area contributed by atoms with Crippen molar-refractivity contribution < 1.29 is 19.4 Å². The molecule has 35 heavy (non-hydrogen) atoms. The van der Waals surface area contributed by atoms with Crippen molar-refractivity contribution in [2.45, 2.75) is 26.3 Å². The van der Waals surface area contributed by atoms with E-state index in [1.807, 2.05) is 42.5 Å². The Morgan fingerprint density at radius 3 is 2.43 bits per heavy atom. The van der Waals surface area contributed by atoms with E-state index in [0.29, 0.717) is 18.9 Å². The molecule has 3 rings (SSSR count). The summed E-state index contributed by atoms with van der Waals surface area (Å²) < 4.78 is 5.58. The second-order valence-corrected chi connectivity index (χ2v) is 8.32. The molecule has 0 aliphatic carbocycles. The van der Waals surface area contributed by atoms with Crippen LogP contribution in [0.4, 0.5) is 0 Å². The summed E-state index contributed by atoms with van der Waals surface area (Å²) in [6, 6.07) is 16.0. The molecule has 1 unspecified atom stereocenters. The van der Waals surface area contributed by atoms with Crippen LogP contribution in [0.25, 0.3) is 6.08 Å². The molecule has 2 aromatic carbocycles. The van der Waals surface area contributed by atoms with Crippen LogP contribution in [-0.2, 0) is 9.59 Å². The highest BCUT2D eigenvalue weighted by Gasteiger charge is 2.42. The topological polar surface area (TPSA) is 70.1 Å². The van der Waals surface area contributed by atoms with Crippen LogP contribution in [0.2, 0.25) is 0 Å². The fraction of sp³-hybridized carbons (Fsp3) is 0.310. The van der Waals surface area contributed by atoms with Gasteiger partial charge in [-0.1, -0.05) is 75.0 Å². The Kier molecular flexibility index (Phi) is 9.44. The minimum absolute atomic E-state index is 0.102. The van der Waals surface area contributed by atoms with Crippen LogP contribution in [0, 0.1) is 0 Å². The molecule has 0 aromatic heterocycles. The molecular formula is C29H34N2O4. The lowest BCUT2D eigenvalue weighted by atomic mass is 9.95. The maximum absolute atomic E-state index is 13.3. The molecule has 1 amide bonds. The Bertz CT molecular complexity index is 1070. The fourth-order valence-corrected chi connectivity index (χ4v) is 4.21. The zero-order valence-corrected chi connectivity index (χ0v) is 20.5. The van der Waals surface area contributed by atoms with Gasteiger partial charge in [-0.05, 0) is 55.4 Å². The molecule has 184 valence electrons. The van der Waals surface area contributed by atoms with Crippen molar-refractivity contribution in [3.05, 3.63) is 95.8 Å². The first-order valence-corrected chi connectivity index (χ1v) is 12.1. The largest absolute Gasteiger partial charge is 0.503 e. The minimum Gasteiger partial charge on any atom is -0.503 e. The molecular weight excluding hydrogens is 440 g/mol. The number of carbonyl (C=O) groups is 2. The molecule has 1 atom stereocenters. The van der Waals surface area contributed by atoms with Crippen LogP contribution < -0.4 is 4.74 Å². The van der Waals surface area contributed by atoms with Gasteiger partial charge in [-0.25, -0.2) is 0 Å². The number of benzene rings is 2. The number of ketones is 1. The summed E-state index contributed by atoms with van der Waals surface area (Å²) in [6.07, 6.45) is 5.51. The smallest absolute Gasteiger partial charge is 0.290 e. The summed E-state index contributed by atoms with van der Waals surface area (Å²) >= 11 is 0. The van der Waals surface area contributed by atoms with E-state index in [4.69, 9.17) is 4.74 Å². The van der Waals surface area contributed by atoms with Crippen LogP contribution in [0.5, 0.6) is 5.75 Å². The molecule has 6 heteroatoms.